The molecule has 0 aliphatic carbocycles. The maximum Gasteiger partial charge on any atom is 0.189 e. The third-order valence-corrected chi connectivity index (χ3v) is 5.66. The molecule has 4 heteroatoms. The third-order valence-electron chi connectivity index (χ3n) is 5.66. The van der Waals surface area contributed by atoms with Gasteiger partial charge in [0.2, 0.25) is 0 Å². The van der Waals surface area contributed by atoms with Crippen molar-refractivity contribution in [2.45, 2.75) is 47.1 Å². The van der Waals surface area contributed by atoms with Crippen LogP contribution in [0.15, 0.2) is 42.0 Å². The molecule has 2 aromatic rings. The van der Waals surface area contributed by atoms with E-state index in [0.29, 0.717) is 11.1 Å². The molecule has 28 heavy (non-hydrogen) atoms. The number of aryl methyl sites for hydroxylation is 1. The van der Waals surface area contributed by atoms with Crippen molar-refractivity contribution in [3.63, 3.8) is 0 Å². The lowest BCUT2D eigenvalue weighted by Crippen LogP contribution is -2.32. The Kier molecular flexibility index (Phi) is 4.92. The number of aromatic nitrogens is 1. The first-order chi connectivity index (χ1) is 13.1. The van der Waals surface area contributed by atoms with E-state index < -0.39 is 0 Å². The van der Waals surface area contributed by atoms with E-state index in [1.165, 1.54) is 18.0 Å². The van der Waals surface area contributed by atoms with Crippen molar-refractivity contribution in [3.05, 3.63) is 69.7 Å². The van der Waals surface area contributed by atoms with Crippen LogP contribution in [0.1, 0.15) is 56.0 Å². The highest BCUT2D eigenvalue weighted by Gasteiger charge is 2.33. The fourth-order valence-electron chi connectivity index (χ4n) is 4.06. The number of hydrogen-bond acceptors (Lipinski definition) is 3. The summed E-state index contributed by atoms with van der Waals surface area (Å²) in [6.07, 6.45) is 5.60. The zero-order chi connectivity index (χ0) is 20.8. The minimum Gasteiger partial charge on any atom is -0.404 e. The summed E-state index contributed by atoms with van der Waals surface area (Å²) in [6, 6.07) is 6.20. The Balaban J connectivity index is 2.34. The fourth-order valence-corrected chi connectivity index (χ4v) is 4.06. The Morgan fingerprint density at radius 1 is 1.29 bits per heavy atom. The number of hydrogen-bond donors (Lipinski definition) is 2. The van der Waals surface area contributed by atoms with Crippen LogP contribution < -0.4 is 11.2 Å². The molecule has 3 rings (SSSR count). The molecule has 146 valence electrons. The van der Waals surface area contributed by atoms with Crippen LogP contribution in [0.4, 0.5) is 0 Å². The van der Waals surface area contributed by atoms with E-state index in [0.717, 1.165) is 34.4 Å². The van der Waals surface area contributed by atoms with Gasteiger partial charge in [-0.05, 0) is 54.0 Å². The Hall–Kier alpha value is -2.88. The molecule has 0 saturated heterocycles. The summed E-state index contributed by atoms with van der Waals surface area (Å²) in [5, 5.41) is 7.66. The minimum atomic E-state index is 0.00280. The average Bonchev–Trinajstić information content (AvgIpc) is 2.61. The second-order valence-corrected chi connectivity index (χ2v) is 8.80. The molecule has 0 saturated carbocycles. The predicted molar refractivity (Wildman–Crippen MR) is 119 cm³/mol. The molecule has 0 spiro atoms. The molecule has 1 unspecified atom stereocenters. The van der Waals surface area contributed by atoms with Gasteiger partial charge in [0.15, 0.2) is 5.43 Å². The number of nitrogens with two attached hydrogens (primary N) is 1. The molecule has 4 nitrogen and oxygen atoms in total. The minimum absolute atomic E-state index is 0.00280. The second-order valence-electron chi connectivity index (χ2n) is 8.80. The van der Waals surface area contributed by atoms with Crippen molar-refractivity contribution in [1.29, 1.82) is 5.41 Å². The van der Waals surface area contributed by atoms with E-state index in [4.69, 9.17) is 11.1 Å². The monoisotopic (exact) mass is 375 g/mol. The predicted octanol–water partition coefficient (Wildman–Crippen LogP) is 4.95. The van der Waals surface area contributed by atoms with Gasteiger partial charge in [0.05, 0.1) is 5.69 Å². The van der Waals surface area contributed by atoms with Crippen LogP contribution in [0.3, 0.4) is 0 Å². The van der Waals surface area contributed by atoms with Crippen LogP contribution in [0, 0.1) is 17.7 Å². The maximum absolute atomic E-state index is 12.7. The lowest BCUT2D eigenvalue weighted by atomic mass is 9.77. The normalized spacial score (nSPS) is 16.3. The van der Waals surface area contributed by atoms with Crippen LogP contribution in [0.5, 0.6) is 0 Å². The van der Waals surface area contributed by atoms with Gasteiger partial charge in [0.25, 0.3) is 0 Å². The third kappa shape index (κ3) is 3.24. The standard InChI is InChI=1S/C24H29N3O/c1-14(2)20-13-27-21(10-22(20)28)19-7-15(3)18(17(11-25)12-26)8-16(19)9-23(27)24(4,5)6/h7-8,10-13,23,25H,1,9,26H2,2-6H3/b17-12+,25-11?. The molecule has 1 aromatic heterocycles. The molecular weight excluding hydrogens is 346 g/mol. The van der Waals surface area contributed by atoms with E-state index >= 15 is 0 Å². The summed E-state index contributed by atoms with van der Waals surface area (Å²) in [5.74, 6) is 0. The molecule has 1 atom stereocenters. The van der Waals surface area contributed by atoms with E-state index in [9.17, 15) is 4.79 Å². The molecule has 0 radical (unpaired) electrons. The molecular formula is C24H29N3O. The van der Waals surface area contributed by atoms with Crippen LogP contribution in [-0.2, 0) is 6.42 Å². The Bertz CT molecular complexity index is 1060. The summed E-state index contributed by atoms with van der Waals surface area (Å²) >= 11 is 0. The van der Waals surface area contributed by atoms with Gasteiger partial charge in [0, 0.05) is 47.4 Å². The van der Waals surface area contributed by atoms with Gasteiger partial charge < -0.3 is 15.7 Å². The van der Waals surface area contributed by atoms with Crippen molar-refractivity contribution in [1.82, 2.24) is 4.57 Å². The molecule has 1 aliphatic heterocycles. The zero-order valence-corrected chi connectivity index (χ0v) is 17.4. The molecule has 0 fully saturated rings. The molecule has 1 aromatic carbocycles. The first kappa shape index (κ1) is 19.9. The van der Waals surface area contributed by atoms with Gasteiger partial charge in [-0.15, -0.1) is 0 Å². The number of fused-ring (bicyclic) bond motifs is 3. The highest BCUT2D eigenvalue weighted by Crippen LogP contribution is 2.43. The van der Waals surface area contributed by atoms with Crippen molar-refractivity contribution >= 4 is 17.4 Å². The quantitative estimate of drug-likeness (QED) is 0.745. The number of allylic oxidation sites excluding steroid dienone is 2. The van der Waals surface area contributed by atoms with Gasteiger partial charge in [-0.1, -0.05) is 33.4 Å². The van der Waals surface area contributed by atoms with Crippen molar-refractivity contribution < 1.29 is 0 Å². The van der Waals surface area contributed by atoms with Gasteiger partial charge in [-0.25, -0.2) is 0 Å². The van der Waals surface area contributed by atoms with Crippen molar-refractivity contribution in [2.24, 2.45) is 11.1 Å². The largest absolute Gasteiger partial charge is 0.404 e. The van der Waals surface area contributed by atoms with Crippen LogP contribution in [0.2, 0.25) is 0 Å². The number of pyridine rings is 1. The van der Waals surface area contributed by atoms with Gasteiger partial charge in [-0.3, -0.25) is 4.79 Å². The average molecular weight is 376 g/mol. The van der Waals surface area contributed by atoms with Crippen LogP contribution in [-0.4, -0.2) is 10.8 Å². The second kappa shape index (κ2) is 6.93. The number of benzene rings is 1. The first-order valence-electron chi connectivity index (χ1n) is 9.57. The number of rotatable bonds is 3. The lowest BCUT2D eigenvalue weighted by molar-refractivity contribution is 0.237. The van der Waals surface area contributed by atoms with E-state index in [-0.39, 0.29) is 16.9 Å². The summed E-state index contributed by atoms with van der Waals surface area (Å²) in [6.45, 7) is 14.5. The van der Waals surface area contributed by atoms with E-state index in [1.807, 2.05) is 20.0 Å². The first-order valence-corrected chi connectivity index (χ1v) is 9.57. The smallest absolute Gasteiger partial charge is 0.189 e. The van der Waals surface area contributed by atoms with Crippen molar-refractivity contribution in [2.75, 3.05) is 0 Å². The number of nitrogens with zero attached hydrogens (tertiary/aromatic N) is 1. The summed E-state index contributed by atoms with van der Waals surface area (Å²) in [4.78, 5) is 12.7. The summed E-state index contributed by atoms with van der Waals surface area (Å²) in [7, 11) is 0. The topological polar surface area (TPSA) is 71.9 Å². The van der Waals surface area contributed by atoms with Crippen LogP contribution in [0.25, 0.3) is 22.4 Å². The van der Waals surface area contributed by atoms with Crippen LogP contribution >= 0.6 is 0 Å². The van der Waals surface area contributed by atoms with Crippen molar-refractivity contribution in [3.8, 4) is 11.3 Å². The highest BCUT2D eigenvalue weighted by atomic mass is 16.1. The SMILES string of the molecule is C=C(C)c1cn2c(cc1=O)-c1cc(C)c(/C(C=N)=C/N)cc1CC2C(C)(C)C. The van der Waals surface area contributed by atoms with Gasteiger partial charge in [0.1, 0.15) is 0 Å². The summed E-state index contributed by atoms with van der Waals surface area (Å²) < 4.78 is 2.25. The molecule has 2 heterocycles. The fraction of sp³-hybridized carbons (Fsp3) is 0.333. The zero-order valence-electron chi connectivity index (χ0n) is 17.4. The maximum atomic E-state index is 12.7. The Morgan fingerprint density at radius 3 is 2.50 bits per heavy atom. The molecule has 3 N–H and O–H groups in total. The molecule has 0 amide bonds. The van der Waals surface area contributed by atoms with Gasteiger partial charge in [-0.2, -0.15) is 0 Å². The van der Waals surface area contributed by atoms with E-state index in [2.05, 4.69) is 44.0 Å². The molecule has 1 aliphatic rings. The highest BCUT2D eigenvalue weighted by molar-refractivity contribution is 6.09. The summed E-state index contributed by atoms with van der Waals surface area (Å²) in [5.41, 5.74) is 13.1. The molecule has 0 bridgehead atoms. The Labute approximate surface area is 166 Å². The number of nitrogens with one attached hydrogen (secondary N) is 1. The lowest BCUT2D eigenvalue weighted by Gasteiger charge is -2.39. The van der Waals surface area contributed by atoms with E-state index in [1.54, 1.807) is 6.07 Å². The Morgan fingerprint density at radius 2 is 1.96 bits per heavy atom. The van der Waals surface area contributed by atoms with Gasteiger partial charge >= 0.3 is 0 Å².